The molecule has 3 aromatic heterocycles. The quantitative estimate of drug-likeness (QED) is 0.130. The van der Waals surface area contributed by atoms with Crippen molar-refractivity contribution in [3.8, 4) is 22.1 Å². The Kier molecular flexibility index (Phi) is 10.2. The molecule has 2 saturated heterocycles. The molecule has 4 aliphatic rings. The van der Waals surface area contributed by atoms with Gasteiger partial charge in [0.25, 0.3) is 11.8 Å². The third-order valence-corrected chi connectivity index (χ3v) is 16.9. The minimum absolute atomic E-state index is 0.0187. The fraction of sp³-hybridized carbons (Fsp3) is 0.333. The number of thiophene rings is 1. The topological polar surface area (TPSA) is 138 Å². The summed E-state index contributed by atoms with van der Waals surface area (Å²) in [5, 5.41) is 18.8. The molecule has 0 unspecified atom stereocenters. The van der Waals surface area contributed by atoms with Crippen LogP contribution in [0, 0.1) is 36.0 Å². The van der Waals surface area contributed by atoms with Gasteiger partial charge in [-0.05, 0) is 117 Å². The number of amides is 4. The average Bonchev–Trinajstić information content (AvgIpc) is 3.90. The number of pyridine rings is 1. The molecule has 9 rings (SSSR count). The number of anilines is 2. The number of aryl methyl sites for hydroxylation is 2. The zero-order valence-corrected chi connectivity index (χ0v) is 38.6. The Bertz CT molecular complexity index is 2870. The van der Waals surface area contributed by atoms with Crippen LogP contribution >= 0.6 is 66.4 Å². The molecule has 1 saturated carbocycles. The number of hydrazine groups is 1. The zero-order valence-electron chi connectivity index (χ0n) is 33.1. The lowest BCUT2D eigenvalue weighted by Gasteiger charge is -2.49. The van der Waals surface area contributed by atoms with Gasteiger partial charge in [-0.3, -0.25) is 28.9 Å². The molecule has 5 aromatic rings. The molecular formula is C42H33Br2Cl2F3N6O6S. The van der Waals surface area contributed by atoms with Crippen molar-refractivity contribution in [3.63, 3.8) is 0 Å². The molecule has 2 aromatic carbocycles. The lowest BCUT2D eigenvalue weighted by Crippen LogP contribution is -2.49. The monoisotopic (exact) mass is 1030 g/mol. The summed E-state index contributed by atoms with van der Waals surface area (Å²) in [4.78, 5) is 65.0. The maximum atomic E-state index is 15.3. The molecule has 2 aliphatic heterocycles. The van der Waals surface area contributed by atoms with Gasteiger partial charge in [0, 0.05) is 40.3 Å². The maximum absolute atomic E-state index is 15.3. The van der Waals surface area contributed by atoms with Crippen LogP contribution in [-0.2, 0) is 32.4 Å². The average molecular weight is 1040 g/mol. The molecule has 0 bridgehead atoms. The van der Waals surface area contributed by atoms with E-state index in [-0.39, 0.29) is 39.7 Å². The van der Waals surface area contributed by atoms with E-state index in [0.29, 0.717) is 32.4 Å². The predicted octanol–water partition coefficient (Wildman–Crippen LogP) is 9.85. The van der Waals surface area contributed by atoms with Gasteiger partial charge in [-0.25, -0.2) is 9.88 Å². The number of carbonyl (C=O) groups is 4. The predicted molar refractivity (Wildman–Crippen MR) is 233 cm³/mol. The standard InChI is InChI=1S/C42H33Br2Cl2F3N6O6S/c1-16-20-12-17(45)6-10-27(20)62-35(16)25-15-29(52(3)51-25)54-38(58)23-13-21-18(31(41(23,2)40(54)60)22-14-26(61-5)34(56)33(44)32(22)43)7-8-19-30(21)39(59)55(37(19)57)53(4)36-24(46)9-11-28(50-36)42(47,48)49/h6-7,9-12,14-15,19,21,23,30-31,56H,8,13H2,1-5H3/t19-,21+,23-,30-,31+,41+/m0/s1. The molecule has 2 aliphatic carbocycles. The molecule has 5 heterocycles. The van der Waals surface area contributed by atoms with Crippen molar-refractivity contribution in [1.29, 1.82) is 0 Å². The molecular weight excluding hydrogens is 1000 g/mol. The second-order valence-electron chi connectivity index (χ2n) is 16.0. The molecule has 6 atom stereocenters. The lowest BCUT2D eigenvalue weighted by atomic mass is 9.51. The van der Waals surface area contributed by atoms with Crippen molar-refractivity contribution in [3.05, 3.63) is 89.9 Å². The molecule has 322 valence electrons. The fourth-order valence-electron chi connectivity index (χ4n) is 9.96. The second kappa shape index (κ2) is 14.8. The van der Waals surface area contributed by atoms with Crippen LogP contribution in [0.25, 0.3) is 20.7 Å². The Balaban J connectivity index is 1.16. The van der Waals surface area contributed by atoms with Gasteiger partial charge in [-0.2, -0.15) is 23.3 Å². The first-order chi connectivity index (χ1) is 29.2. The van der Waals surface area contributed by atoms with E-state index in [2.05, 4.69) is 36.8 Å². The van der Waals surface area contributed by atoms with Crippen LogP contribution in [-0.4, -0.2) is 62.7 Å². The first-order valence-electron chi connectivity index (χ1n) is 19.1. The van der Waals surface area contributed by atoms with E-state index in [1.54, 1.807) is 32.2 Å². The number of phenols is 1. The van der Waals surface area contributed by atoms with Gasteiger partial charge in [0.05, 0.1) is 44.7 Å². The number of ether oxygens (including phenoxy) is 1. The third-order valence-electron chi connectivity index (χ3n) is 12.9. The number of halogens is 7. The Hall–Kier alpha value is -4.49. The number of methoxy groups -OCH3 is 1. The number of benzene rings is 2. The van der Waals surface area contributed by atoms with Crippen LogP contribution in [0.2, 0.25) is 10.0 Å². The lowest BCUT2D eigenvalue weighted by molar-refractivity contribution is -0.141. The van der Waals surface area contributed by atoms with E-state index in [1.165, 1.54) is 30.2 Å². The van der Waals surface area contributed by atoms with Gasteiger partial charge in [-0.15, -0.1) is 11.3 Å². The smallest absolute Gasteiger partial charge is 0.433 e. The van der Waals surface area contributed by atoms with Gasteiger partial charge in [0.15, 0.2) is 17.3 Å². The number of alkyl halides is 3. The third kappa shape index (κ3) is 6.09. The highest BCUT2D eigenvalue weighted by atomic mass is 79.9. The minimum Gasteiger partial charge on any atom is -0.503 e. The molecule has 0 radical (unpaired) electrons. The Morgan fingerprint density at radius 3 is 2.44 bits per heavy atom. The highest BCUT2D eigenvalue weighted by molar-refractivity contribution is 9.13. The molecule has 20 heteroatoms. The molecule has 0 spiro atoms. The van der Waals surface area contributed by atoms with Crippen molar-refractivity contribution in [2.45, 2.75) is 38.8 Å². The number of phenolic OH excluding ortho intramolecular Hbond substituents is 1. The van der Waals surface area contributed by atoms with E-state index in [1.807, 2.05) is 25.1 Å². The molecule has 62 heavy (non-hydrogen) atoms. The second-order valence-corrected chi connectivity index (χ2v) is 19.5. The number of allylic oxidation sites excluding steroid dienone is 2. The Morgan fingerprint density at radius 2 is 1.74 bits per heavy atom. The molecule has 1 N–H and O–H groups in total. The summed E-state index contributed by atoms with van der Waals surface area (Å²) >= 11 is 21.2. The number of imide groups is 2. The first kappa shape index (κ1) is 42.8. The number of aromatic hydroxyl groups is 1. The van der Waals surface area contributed by atoms with Crippen molar-refractivity contribution in [2.24, 2.45) is 36.1 Å². The van der Waals surface area contributed by atoms with Crippen molar-refractivity contribution in [1.82, 2.24) is 19.8 Å². The van der Waals surface area contributed by atoms with Gasteiger partial charge >= 0.3 is 6.18 Å². The Labute approximate surface area is 382 Å². The van der Waals surface area contributed by atoms with Gasteiger partial charge in [0.2, 0.25) is 11.8 Å². The SMILES string of the molecule is COc1cc([C@H]2C3=CC[C@@H]4C(=O)N(N(C)c5nc(C(F)(F)F)ccc5Cl)C(=O)[C@@H]4[C@@H]3C[C@H]3C(=O)N(c4cc(-c5sc6ccc(Cl)cc6c5C)nn4C)C(=O)[C@@]23C)c(Br)c(Br)c1O. The van der Waals surface area contributed by atoms with E-state index >= 15 is 9.59 Å². The fourth-order valence-corrected chi connectivity index (χ4v) is 12.5. The van der Waals surface area contributed by atoms with E-state index in [0.717, 1.165) is 41.5 Å². The summed E-state index contributed by atoms with van der Waals surface area (Å²) in [6.45, 7) is 3.67. The molecule has 4 amide bonds. The highest BCUT2D eigenvalue weighted by Crippen LogP contribution is 2.65. The van der Waals surface area contributed by atoms with E-state index in [9.17, 15) is 27.9 Å². The van der Waals surface area contributed by atoms with Crippen molar-refractivity contribution < 1.29 is 42.2 Å². The number of carbonyl (C=O) groups excluding carboxylic acids is 4. The van der Waals surface area contributed by atoms with Gasteiger partial charge in [0.1, 0.15) is 17.2 Å². The van der Waals surface area contributed by atoms with Gasteiger partial charge in [-0.1, -0.05) is 34.9 Å². The summed E-state index contributed by atoms with van der Waals surface area (Å²) in [6.07, 6.45) is -2.99. The van der Waals surface area contributed by atoms with Crippen LogP contribution in [0.15, 0.2) is 63.1 Å². The summed E-state index contributed by atoms with van der Waals surface area (Å²) in [5.41, 5.74) is -0.216. The van der Waals surface area contributed by atoms with Crippen molar-refractivity contribution in [2.75, 3.05) is 24.1 Å². The summed E-state index contributed by atoms with van der Waals surface area (Å²) in [7, 11) is 4.25. The minimum atomic E-state index is -4.83. The highest BCUT2D eigenvalue weighted by Gasteiger charge is 2.68. The van der Waals surface area contributed by atoms with Crippen molar-refractivity contribution >= 4 is 112 Å². The van der Waals surface area contributed by atoms with E-state index in [4.69, 9.17) is 33.0 Å². The normalized spacial score (nSPS) is 24.8. The Morgan fingerprint density at radius 1 is 1.02 bits per heavy atom. The van der Waals surface area contributed by atoms with Crippen LogP contribution in [0.5, 0.6) is 11.5 Å². The number of nitrogens with zero attached hydrogens (tertiary/aromatic N) is 6. The number of hydrogen-bond donors (Lipinski definition) is 1. The number of hydrogen-bond acceptors (Lipinski definition) is 10. The zero-order chi connectivity index (χ0) is 44.6. The number of aromatic nitrogens is 3. The van der Waals surface area contributed by atoms with Crippen LogP contribution in [0.1, 0.15) is 42.5 Å². The molecule has 3 fully saturated rings. The number of rotatable bonds is 6. The van der Waals surface area contributed by atoms with Gasteiger partial charge < -0.3 is 9.84 Å². The first-order valence-corrected chi connectivity index (χ1v) is 22.3. The van der Waals surface area contributed by atoms with E-state index < -0.39 is 76.3 Å². The van der Waals surface area contributed by atoms with Crippen LogP contribution in [0.3, 0.4) is 0 Å². The maximum Gasteiger partial charge on any atom is 0.433 e. The largest absolute Gasteiger partial charge is 0.503 e. The van der Waals surface area contributed by atoms with Crippen LogP contribution in [0.4, 0.5) is 24.8 Å². The summed E-state index contributed by atoms with van der Waals surface area (Å²) in [6, 6.07) is 10.6. The summed E-state index contributed by atoms with van der Waals surface area (Å²) in [5.74, 6) is -7.64. The molecule has 12 nitrogen and oxygen atoms in total. The summed E-state index contributed by atoms with van der Waals surface area (Å²) < 4.78 is 49.9. The van der Waals surface area contributed by atoms with Crippen LogP contribution < -0.4 is 14.6 Å². The number of fused-ring (bicyclic) bond motifs is 5.